The molecule has 1 unspecified atom stereocenters. The summed E-state index contributed by atoms with van der Waals surface area (Å²) in [5, 5.41) is 0. The molecule has 1 saturated heterocycles. The Hall–Kier alpha value is -1.41. The maximum Gasteiger partial charge on any atom is 0.129 e. The standard InChI is InChI=1S/C15H18FNO2/c16-15-8-12(2-1-6-17)3-4-14(15)11-19-10-13-5-7-18-9-13/h3-4,8,13H,5-7,9-11,17H2. The van der Waals surface area contributed by atoms with Crippen LogP contribution in [-0.4, -0.2) is 26.4 Å². The van der Waals surface area contributed by atoms with Gasteiger partial charge in [0.1, 0.15) is 5.82 Å². The van der Waals surface area contributed by atoms with Gasteiger partial charge in [0, 0.05) is 23.7 Å². The van der Waals surface area contributed by atoms with Crippen LogP contribution in [0.2, 0.25) is 0 Å². The number of benzene rings is 1. The van der Waals surface area contributed by atoms with Gasteiger partial charge in [0.15, 0.2) is 0 Å². The number of hydrogen-bond acceptors (Lipinski definition) is 3. The summed E-state index contributed by atoms with van der Waals surface area (Å²) in [5.41, 5.74) is 6.46. The molecule has 0 aliphatic carbocycles. The molecule has 19 heavy (non-hydrogen) atoms. The van der Waals surface area contributed by atoms with Gasteiger partial charge in [0.05, 0.1) is 26.4 Å². The lowest BCUT2D eigenvalue weighted by Crippen LogP contribution is -2.09. The SMILES string of the molecule is NCC#Cc1ccc(COCC2CCOC2)c(F)c1. The first-order valence-electron chi connectivity index (χ1n) is 6.42. The largest absolute Gasteiger partial charge is 0.381 e. The molecule has 0 bridgehead atoms. The normalized spacial score (nSPS) is 18.1. The van der Waals surface area contributed by atoms with Gasteiger partial charge in [-0.2, -0.15) is 0 Å². The molecule has 0 saturated carbocycles. The summed E-state index contributed by atoms with van der Waals surface area (Å²) < 4.78 is 24.6. The van der Waals surface area contributed by atoms with Crippen LogP contribution in [0.1, 0.15) is 17.5 Å². The Kier molecular flexibility index (Phi) is 5.34. The minimum absolute atomic E-state index is 0.274. The van der Waals surface area contributed by atoms with Crippen LogP contribution in [-0.2, 0) is 16.1 Å². The molecular weight excluding hydrogens is 245 g/mol. The van der Waals surface area contributed by atoms with E-state index in [0.29, 0.717) is 23.7 Å². The van der Waals surface area contributed by atoms with Crippen molar-refractivity contribution in [2.75, 3.05) is 26.4 Å². The van der Waals surface area contributed by atoms with Crippen molar-refractivity contribution in [2.24, 2.45) is 11.7 Å². The van der Waals surface area contributed by atoms with Crippen LogP contribution < -0.4 is 5.73 Å². The van der Waals surface area contributed by atoms with Gasteiger partial charge in [-0.05, 0) is 18.6 Å². The lowest BCUT2D eigenvalue weighted by atomic mass is 10.1. The van der Waals surface area contributed by atoms with Gasteiger partial charge >= 0.3 is 0 Å². The van der Waals surface area contributed by atoms with Crippen LogP contribution in [0.3, 0.4) is 0 Å². The molecule has 3 nitrogen and oxygen atoms in total. The van der Waals surface area contributed by atoms with Gasteiger partial charge in [-0.15, -0.1) is 0 Å². The third kappa shape index (κ3) is 4.32. The highest BCUT2D eigenvalue weighted by molar-refractivity contribution is 5.37. The van der Waals surface area contributed by atoms with E-state index in [2.05, 4.69) is 11.8 Å². The van der Waals surface area contributed by atoms with Gasteiger partial charge in [-0.1, -0.05) is 17.9 Å². The molecular formula is C15H18FNO2. The maximum atomic E-state index is 13.8. The van der Waals surface area contributed by atoms with Crippen LogP contribution >= 0.6 is 0 Å². The van der Waals surface area contributed by atoms with Crippen LogP contribution in [0.4, 0.5) is 4.39 Å². The van der Waals surface area contributed by atoms with Gasteiger partial charge in [-0.25, -0.2) is 4.39 Å². The number of hydrogen-bond donors (Lipinski definition) is 1. The first-order valence-corrected chi connectivity index (χ1v) is 6.42. The lowest BCUT2D eigenvalue weighted by molar-refractivity contribution is 0.0775. The van der Waals surface area contributed by atoms with Crippen LogP contribution in [0, 0.1) is 23.6 Å². The molecule has 2 rings (SSSR count). The minimum atomic E-state index is -0.286. The molecule has 1 aromatic carbocycles. The van der Waals surface area contributed by atoms with E-state index in [1.165, 1.54) is 6.07 Å². The van der Waals surface area contributed by atoms with E-state index in [1.54, 1.807) is 12.1 Å². The summed E-state index contributed by atoms with van der Waals surface area (Å²) in [4.78, 5) is 0. The summed E-state index contributed by atoms with van der Waals surface area (Å²) in [6, 6.07) is 4.91. The summed E-state index contributed by atoms with van der Waals surface area (Å²) in [6.07, 6.45) is 1.02. The quantitative estimate of drug-likeness (QED) is 0.841. The molecule has 0 radical (unpaired) electrons. The Morgan fingerprint density at radius 3 is 3.05 bits per heavy atom. The minimum Gasteiger partial charge on any atom is -0.381 e. The van der Waals surface area contributed by atoms with Crippen molar-refractivity contribution in [1.82, 2.24) is 0 Å². The van der Waals surface area contributed by atoms with Gasteiger partial charge in [0.25, 0.3) is 0 Å². The van der Waals surface area contributed by atoms with Crippen LogP contribution in [0.25, 0.3) is 0 Å². The predicted octanol–water partition coefficient (Wildman–Crippen LogP) is 1.69. The van der Waals surface area contributed by atoms with Gasteiger partial charge in [0.2, 0.25) is 0 Å². The van der Waals surface area contributed by atoms with Crippen LogP contribution in [0.15, 0.2) is 18.2 Å². The fourth-order valence-corrected chi connectivity index (χ4v) is 1.95. The van der Waals surface area contributed by atoms with E-state index < -0.39 is 0 Å². The Balaban J connectivity index is 1.86. The highest BCUT2D eigenvalue weighted by Gasteiger charge is 2.15. The molecule has 1 atom stereocenters. The number of ether oxygens (including phenoxy) is 2. The third-order valence-electron chi connectivity index (χ3n) is 3.02. The van der Waals surface area contributed by atoms with Gasteiger partial charge in [-0.3, -0.25) is 0 Å². The zero-order chi connectivity index (χ0) is 13.5. The van der Waals surface area contributed by atoms with E-state index in [0.717, 1.165) is 19.6 Å². The lowest BCUT2D eigenvalue weighted by Gasteiger charge is -2.09. The highest BCUT2D eigenvalue weighted by atomic mass is 19.1. The first-order chi connectivity index (χ1) is 9.29. The zero-order valence-corrected chi connectivity index (χ0v) is 10.8. The van der Waals surface area contributed by atoms with Crippen molar-refractivity contribution >= 4 is 0 Å². The van der Waals surface area contributed by atoms with Crippen molar-refractivity contribution in [3.05, 3.63) is 35.1 Å². The molecule has 1 aromatic rings. The van der Waals surface area contributed by atoms with Crippen molar-refractivity contribution in [3.8, 4) is 11.8 Å². The van der Waals surface area contributed by atoms with E-state index in [-0.39, 0.29) is 19.0 Å². The molecule has 1 aliphatic heterocycles. The molecule has 1 aliphatic rings. The van der Waals surface area contributed by atoms with Crippen molar-refractivity contribution in [2.45, 2.75) is 13.0 Å². The van der Waals surface area contributed by atoms with E-state index in [1.807, 2.05) is 0 Å². The predicted molar refractivity (Wildman–Crippen MR) is 70.9 cm³/mol. The number of nitrogens with two attached hydrogens (primary N) is 1. The van der Waals surface area contributed by atoms with Crippen molar-refractivity contribution in [1.29, 1.82) is 0 Å². The maximum absolute atomic E-state index is 13.8. The fraction of sp³-hybridized carbons (Fsp3) is 0.467. The molecule has 102 valence electrons. The van der Waals surface area contributed by atoms with Crippen molar-refractivity contribution in [3.63, 3.8) is 0 Å². The highest BCUT2D eigenvalue weighted by Crippen LogP contribution is 2.15. The molecule has 2 N–H and O–H groups in total. The molecule has 1 fully saturated rings. The Morgan fingerprint density at radius 2 is 2.37 bits per heavy atom. The number of halogens is 1. The molecule has 1 heterocycles. The Labute approximate surface area is 112 Å². The van der Waals surface area contributed by atoms with E-state index in [4.69, 9.17) is 15.2 Å². The zero-order valence-electron chi connectivity index (χ0n) is 10.8. The monoisotopic (exact) mass is 263 g/mol. The summed E-state index contributed by atoms with van der Waals surface area (Å²) in [7, 11) is 0. The van der Waals surface area contributed by atoms with E-state index >= 15 is 0 Å². The summed E-state index contributed by atoms with van der Waals surface area (Å²) in [5.74, 6) is 5.66. The summed E-state index contributed by atoms with van der Waals surface area (Å²) >= 11 is 0. The second-order valence-electron chi connectivity index (χ2n) is 4.56. The third-order valence-corrected chi connectivity index (χ3v) is 3.02. The average Bonchev–Trinajstić information content (AvgIpc) is 2.92. The molecule has 0 amide bonds. The number of rotatable bonds is 4. The van der Waals surface area contributed by atoms with Crippen LogP contribution in [0.5, 0.6) is 0 Å². The second-order valence-corrected chi connectivity index (χ2v) is 4.56. The summed E-state index contributed by atoms with van der Waals surface area (Å²) in [6.45, 7) is 2.73. The Morgan fingerprint density at radius 1 is 1.47 bits per heavy atom. The topological polar surface area (TPSA) is 44.5 Å². The first kappa shape index (κ1) is 14.0. The molecule has 4 heteroatoms. The fourth-order valence-electron chi connectivity index (χ4n) is 1.95. The van der Waals surface area contributed by atoms with E-state index in [9.17, 15) is 4.39 Å². The van der Waals surface area contributed by atoms with Gasteiger partial charge < -0.3 is 15.2 Å². The Bertz CT molecular complexity index is 473. The second kappa shape index (κ2) is 7.25. The average molecular weight is 263 g/mol. The van der Waals surface area contributed by atoms with Crippen molar-refractivity contribution < 1.29 is 13.9 Å². The smallest absolute Gasteiger partial charge is 0.129 e. The molecule has 0 spiro atoms. The molecule has 0 aromatic heterocycles.